The zero-order valence-electron chi connectivity index (χ0n) is 15.2. The number of halogens is 3. The average Bonchev–Trinajstić information content (AvgIpc) is 2.60. The number of nitrogens with zero attached hydrogens (tertiary/aromatic N) is 2. The fraction of sp³-hybridized carbons (Fsp3) is 0.556. The van der Waals surface area contributed by atoms with Gasteiger partial charge in [-0.2, -0.15) is 0 Å². The molecule has 26 heavy (non-hydrogen) atoms. The number of hydrogen-bond donors (Lipinski definition) is 2. The summed E-state index contributed by atoms with van der Waals surface area (Å²) in [7, 11) is 1.70. The number of nitrogens with one attached hydrogen (secondary N) is 2. The molecule has 0 saturated carbocycles. The lowest BCUT2D eigenvalue weighted by Crippen LogP contribution is -2.46. The Kier molecular flexibility index (Phi) is 10.9. The molecule has 0 aromatic heterocycles. The molecule has 1 aromatic carbocycles. The van der Waals surface area contributed by atoms with Crippen LogP contribution in [0.15, 0.2) is 27.7 Å². The molecule has 1 aromatic rings. The molecule has 1 fully saturated rings. The number of aliphatic imine (C=N–C) groups is 1. The molecule has 0 unspecified atom stereocenters. The lowest BCUT2D eigenvalue weighted by Gasteiger charge is -2.34. The number of likely N-dealkylation sites (tertiary alicyclic amines) is 1. The monoisotopic (exact) mass is 556 g/mol. The van der Waals surface area contributed by atoms with Crippen molar-refractivity contribution < 1.29 is 4.79 Å². The fourth-order valence-electron chi connectivity index (χ4n) is 2.95. The second-order valence-electron chi connectivity index (χ2n) is 6.21. The van der Waals surface area contributed by atoms with E-state index >= 15 is 0 Å². The molecule has 2 N–H and O–H groups in total. The molecule has 146 valence electrons. The van der Waals surface area contributed by atoms with Gasteiger partial charge in [-0.1, -0.05) is 33.6 Å². The van der Waals surface area contributed by atoms with E-state index in [0.717, 1.165) is 53.5 Å². The van der Waals surface area contributed by atoms with Crippen LogP contribution < -0.4 is 10.6 Å². The standard InChI is InChI=1S/C18H26BrClN4O.HI/c1-3-22-18(23-12-14-4-5-15(19)11-16(14)20)24-8-6-13(7-9-24)10-17(25)21-2;/h4-5,11,13H,3,6-10,12H2,1-2H3,(H,21,25)(H,22,23);1H. The summed E-state index contributed by atoms with van der Waals surface area (Å²) in [5.74, 6) is 1.50. The summed E-state index contributed by atoms with van der Waals surface area (Å²) in [5, 5.41) is 6.79. The van der Waals surface area contributed by atoms with Gasteiger partial charge in [-0.25, -0.2) is 4.99 Å². The highest BCUT2D eigenvalue weighted by Crippen LogP contribution is 2.23. The van der Waals surface area contributed by atoms with Crippen molar-refractivity contribution in [1.82, 2.24) is 15.5 Å². The highest BCUT2D eigenvalue weighted by molar-refractivity contribution is 14.0. The number of carbonyl (C=O) groups is 1. The van der Waals surface area contributed by atoms with E-state index in [9.17, 15) is 4.79 Å². The number of piperidine rings is 1. The Morgan fingerprint density at radius 3 is 2.65 bits per heavy atom. The second kappa shape index (κ2) is 12.0. The normalized spacial score (nSPS) is 15.4. The summed E-state index contributed by atoms with van der Waals surface area (Å²) in [6, 6.07) is 5.87. The topological polar surface area (TPSA) is 56.7 Å². The van der Waals surface area contributed by atoms with Crippen LogP contribution in [0.3, 0.4) is 0 Å². The molecular formula is C18H27BrClIN4O. The molecular weight excluding hydrogens is 530 g/mol. The predicted octanol–water partition coefficient (Wildman–Crippen LogP) is 4.03. The molecule has 0 aliphatic carbocycles. The largest absolute Gasteiger partial charge is 0.359 e. The third kappa shape index (κ3) is 7.23. The Bertz CT molecular complexity index is 621. The first-order valence-electron chi connectivity index (χ1n) is 8.71. The van der Waals surface area contributed by atoms with Crippen LogP contribution in [0.25, 0.3) is 0 Å². The molecule has 5 nitrogen and oxygen atoms in total. The average molecular weight is 558 g/mol. The lowest BCUT2D eigenvalue weighted by atomic mass is 9.93. The van der Waals surface area contributed by atoms with E-state index in [-0.39, 0.29) is 29.9 Å². The Balaban J connectivity index is 0.00000338. The first-order valence-corrected chi connectivity index (χ1v) is 9.88. The minimum absolute atomic E-state index is 0. The van der Waals surface area contributed by atoms with E-state index in [2.05, 4.69) is 38.4 Å². The highest BCUT2D eigenvalue weighted by atomic mass is 127. The summed E-state index contributed by atoms with van der Waals surface area (Å²) in [6.45, 7) is 5.28. The van der Waals surface area contributed by atoms with Gasteiger partial charge in [0.05, 0.1) is 6.54 Å². The minimum Gasteiger partial charge on any atom is -0.359 e. The van der Waals surface area contributed by atoms with Gasteiger partial charge in [0.2, 0.25) is 5.91 Å². The smallest absolute Gasteiger partial charge is 0.220 e. The van der Waals surface area contributed by atoms with Gasteiger partial charge in [0, 0.05) is 42.6 Å². The first-order chi connectivity index (χ1) is 12.0. The van der Waals surface area contributed by atoms with Gasteiger partial charge < -0.3 is 15.5 Å². The molecule has 1 heterocycles. The van der Waals surface area contributed by atoms with E-state index in [4.69, 9.17) is 16.6 Å². The Morgan fingerprint density at radius 2 is 2.08 bits per heavy atom. The molecule has 1 saturated heterocycles. The quantitative estimate of drug-likeness (QED) is 0.327. The molecule has 0 spiro atoms. The zero-order chi connectivity index (χ0) is 18.2. The zero-order valence-corrected chi connectivity index (χ0v) is 19.9. The van der Waals surface area contributed by atoms with Crippen molar-refractivity contribution in [3.05, 3.63) is 33.3 Å². The molecule has 1 aliphatic heterocycles. The van der Waals surface area contributed by atoms with Gasteiger partial charge in [-0.15, -0.1) is 24.0 Å². The van der Waals surface area contributed by atoms with Gasteiger partial charge in [0.1, 0.15) is 0 Å². The number of amides is 1. The maximum absolute atomic E-state index is 11.5. The van der Waals surface area contributed by atoms with Crippen molar-refractivity contribution in [2.75, 3.05) is 26.7 Å². The number of hydrogen-bond acceptors (Lipinski definition) is 2. The van der Waals surface area contributed by atoms with E-state index in [1.165, 1.54) is 0 Å². The van der Waals surface area contributed by atoms with Gasteiger partial charge in [0.15, 0.2) is 5.96 Å². The Hall–Kier alpha value is -0.540. The molecule has 2 rings (SSSR count). The fourth-order valence-corrected chi connectivity index (χ4v) is 3.68. The van der Waals surface area contributed by atoms with Gasteiger partial charge in [-0.3, -0.25) is 4.79 Å². The van der Waals surface area contributed by atoms with Crippen LogP contribution in [0, 0.1) is 5.92 Å². The number of guanidine groups is 1. The minimum atomic E-state index is 0. The molecule has 0 atom stereocenters. The van der Waals surface area contributed by atoms with E-state index < -0.39 is 0 Å². The number of rotatable bonds is 5. The van der Waals surface area contributed by atoms with E-state index in [0.29, 0.717) is 18.9 Å². The Labute approximate surface area is 186 Å². The summed E-state index contributed by atoms with van der Waals surface area (Å²) in [5.41, 5.74) is 1.01. The summed E-state index contributed by atoms with van der Waals surface area (Å²) < 4.78 is 0.968. The lowest BCUT2D eigenvalue weighted by molar-refractivity contribution is -0.121. The third-order valence-corrected chi connectivity index (χ3v) is 5.26. The number of benzene rings is 1. The van der Waals surface area contributed by atoms with Crippen molar-refractivity contribution in [3.63, 3.8) is 0 Å². The highest BCUT2D eigenvalue weighted by Gasteiger charge is 2.23. The van der Waals surface area contributed by atoms with E-state index in [1.54, 1.807) is 7.05 Å². The molecule has 0 radical (unpaired) electrons. The van der Waals surface area contributed by atoms with Gasteiger partial charge >= 0.3 is 0 Å². The SMILES string of the molecule is CCNC(=NCc1ccc(Br)cc1Cl)N1CCC(CC(=O)NC)CC1.I. The van der Waals surface area contributed by atoms with Crippen LogP contribution in [-0.2, 0) is 11.3 Å². The molecule has 1 aliphatic rings. The van der Waals surface area contributed by atoms with Crippen molar-refractivity contribution in [2.45, 2.75) is 32.7 Å². The van der Waals surface area contributed by atoms with Crippen LogP contribution in [-0.4, -0.2) is 43.4 Å². The molecule has 8 heteroatoms. The van der Waals surface area contributed by atoms with Crippen molar-refractivity contribution in [1.29, 1.82) is 0 Å². The van der Waals surface area contributed by atoms with Crippen LogP contribution in [0.4, 0.5) is 0 Å². The van der Waals surface area contributed by atoms with Crippen molar-refractivity contribution >= 4 is 63.4 Å². The van der Waals surface area contributed by atoms with Crippen LogP contribution in [0.5, 0.6) is 0 Å². The summed E-state index contributed by atoms with van der Waals surface area (Å²) in [4.78, 5) is 18.6. The van der Waals surface area contributed by atoms with Crippen LogP contribution in [0.2, 0.25) is 5.02 Å². The number of carbonyl (C=O) groups excluding carboxylic acids is 1. The van der Waals surface area contributed by atoms with Gasteiger partial charge in [-0.05, 0) is 43.4 Å². The van der Waals surface area contributed by atoms with Gasteiger partial charge in [0.25, 0.3) is 0 Å². The van der Waals surface area contributed by atoms with E-state index in [1.807, 2.05) is 18.2 Å². The maximum atomic E-state index is 11.5. The Morgan fingerprint density at radius 1 is 1.38 bits per heavy atom. The van der Waals surface area contributed by atoms with Crippen molar-refractivity contribution in [2.24, 2.45) is 10.9 Å². The van der Waals surface area contributed by atoms with Crippen LogP contribution >= 0.6 is 51.5 Å². The first kappa shape index (κ1) is 23.5. The second-order valence-corrected chi connectivity index (χ2v) is 7.54. The summed E-state index contributed by atoms with van der Waals surface area (Å²) >= 11 is 9.71. The van der Waals surface area contributed by atoms with Crippen molar-refractivity contribution in [3.8, 4) is 0 Å². The molecule has 0 bridgehead atoms. The molecule has 1 amide bonds. The third-order valence-electron chi connectivity index (χ3n) is 4.42. The summed E-state index contributed by atoms with van der Waals surface area (Å²) in [6.07, 6.45) is 2.64. The van der Waals surface area contributed by atoms with Crippen LogP contribution in [0.1, 0.15) is 31.7 Å². The predicted molar refractivity (Wildman–Crippen MR) is 122 cm³/mol. The maximum Gasteiger partial charge on any atom is 0.220 e.